The van der Waals surface area contributed by atoms with Gasteiger partial charge in [0.15, 0.2) is 0 Å². The molecule has 1 unspecified atom stereocenters. The molecule has 0 saturated heterocycles. The molecule has 1 aliphatic carbocycles. The van der Waals surface area contributed by atoms with Crippen LogP contribution in [0.3, 0.4) is 0 Å². The summed E-state index contributed by atoms with van der Waals surface area (Å²) < 4.78 is 0. The van der Waals surface area contributed by atoms with Gasteiger partial charge in [0.05, 0.1) is 0 Å². The molecule has 1 amide bonds. The molecule has 0 bridgehead atoms. The van der Waals surface area contributed by atoms with E-state index in [1.165, 1.54) is 5.56 Å². The lowest BCUT2D eigenvalue weighted by molar-refractivity contribution is -0.122. The number of nitrogens with one attached hydrogen (secondary N) is 2. The Morgan fingerprint density at radius 2 is 1.86 bits per heavy atom. The Kier molecular flexibility index (Phi) is 3.91. The first-order valence-corrected chi connectivity index (χ1v) is 7.41. The molecule has 0 spiro atoms. The third-order valence-electron chi connectivity index (χ3n) is 3.65. The zero-order valence-electron chi connectivity index (χ0n) is 12.2. The normalized spacial score (nSPS) is 15.3. The molecule has 108 valence electrons. The largest absolute Gasteiger partial charge is 0.370 e. The Balaban J connectivity index is 1.82. The van der Waals surface area contributed by atoms with Crippen LogP contribution in [0.4, 0.5) is 5.69 Å². The fraction of sp³-hybridized carbons (Fsp3) is 0.278. The minimum atomic E-state index is -0.353. The van der Waals surface area contributed by atoms with Gasteiger partial charge in [0, 0.05) is 11.7 Å². The topological polar surface area (TPSA) is 41.1 Å². The average Bonchev–Trinajstić information content (AvgIpc) is 3.29. The van der Waals surface area contributed by atoms with Gasteiger partial charge in [0.25, 0.3) is 0 Å². The van der Waals surface area contributed by atoms with Crippen molar-refractivity contribution in [2.75, 3.05) is 5.32 Å². The lowest BCUT2D eigenvalue weighted by Gasteiger charge is -2.20. The Morgan fingerprint density at radius 1 is 1.10 bits per heavy atom. The van der Waals surface area contributed by atoms with E-state index in [4.69, 9.17) is 0 Å². The summed E-state index contributed by atoms with van der Waals surface area (Å²) >= 11 is 0. The summed E-state index contributed by atoms with van der Waals surface area (Å²) in [6.45, 7) is 2.05. The molecule has 3 heteroatoms. The van der Waals surface area contributed by atoms with Gasteiger partial charge in [0.1, 0.15) is 6.04 Å². The highest BCUT2D eigenvalue weighted by atomic mass is 16.2. The summed E-state index contributed by atoms with van der Waals surface area (Å²) in [6.07, 6.45) is 2.19. The quantitative estimate of drug-likeness (QED) is 0.881. The number of hydrogen-bond acceptors (Lipinski definition) is 2. The van der Waals surface area contributed by atoms with Crippen molar-refractivity contribution in [3.8, 4) is 0 Å². The third kappa shape index (κ3) is 3.63. The predicted molar refractivity (Wildman–Crippen MR) is 85.1 cm³/mol. The summed E-state index contributed by atoms with van der Waals surface area (Å²) in [4.78, 5) is 12.5. The molecule has 3 rings (SSSR count). The van der Waals surface area contributed by atoms with Crippen LogP contribution in [0, 0.1) is 6.92 Å². The summed E-state index contributed by atoms with van der Waals surface area (Å²) in [5, 5.41) is 6.44. The van der Waals surface area contributed by atoms with Gasteiger partial charge in [-0.3, -0.25) is 4.79 Å². The van der Waals surface area contributed by atoms with E-state index in [1.807, 2.05) is 55.5 Å². The van der Waals surface area contributed by atoms with E-state index < -0.39 is 0 Å². The van der Waals surface area contributed by atoms with Crippen LogP contribution in [0.25, 0.3) is 0 Å². The molecule has 21 heavy (non-hydrogen) atoms. The summed E-state index contributed by atoms with van der Waals surface area (Å²) in [6, 6.07) is 18.0. The smallest absolute Gasteiger partial charge is 0.247 e. The van der Waals surface area contributed by atoms with Crippen molar-refractivity contribution in [1.82, 2.24) is 5.32 Å². The minimum absolute atomic E-state index is 0.0465. The lowest BCUT2D eigenvalue weighted by atomic mass is 10.1. The lowest BCUT2D eigenvalue weighted by Crippen LogP contribution is -2.34. The van der Waals surface area contributed by atoms with Crippen molar-refractivity contribution in [2.45, 2.75) is 31.8 Å². The summed E-state index contributed by atoms with van der Waals surface area (Å²) in [5.74, 6) is 0.0465. The first-order valence-electron chi connectivity index (χ1n) is 7.41. The number of carbonyl (C=O) groups is 1. The molecule has 0 heterocycles. The van der Waals surface area contributed by atoms with Gasteiger partial charge >= 0.3 is 0 Å². The molecule has 0 aliphatic heterocycles. The highest BCUT2D eigenvalue weighted by Gasteiger charge is 2.28. The molecular formula is C18H20N2O. The van der Waals surface area contributed by atoms with Crippen LogP contribution in [0.1, 0.15) is 30.0 Å². The van der Waals surface area contributed by atoms with Gasteiger partial charge in [-0.25, -0.2) is 0 Å². The molecule has 1 atom stereocenters. The number of anilines is 1. The molecule has 2 aromatic rings. The second-order valence-electron chi connectivity index (χ2n) is 5.64. The number of rotatable bonds is 5. The van der Waals surface area contributed by atoms with Crippen LogP contribution in [-0.4, -0.2) is 11.9 Å². The van der Waals surface area contributed by atoms with Gasteiger partial charge in [-0.1, -0.05) is 42.5 Å². The molecular weight excluding hydrogens is 260 g/mol. The molecule has 1 saturated carbocycles. The van der Waals surface area contributed by atoms with E-state index in [9.17, 15) is 4.79 Å². The molecule has 2 N–H and O–H groups in total. The van der Waals surface area contributed by atoms with Crippen molar-refractivity contribution < 1.29 is 4.79 Å². The van der Waals surface area contributed by atoms with Gasteiger partial charge in [0.2, 0.25) is 5.91 Å². The maximum atomic E-state index is 12.5. The van der Waals surface area contributed by atoms with Crippen LogP contribution in [-0.2, 0) is 4.79 Å². The van der Waals surface area contributed by atoms with Crippen LogP contribution in [0.2, 0.25) is 0 Å². The second-order valence-corrected chi connectivity index (χ2v) is 5.64. The zero-order chi connectivity index (χ0) is 14.7. The fourth-order valence-corrected chi connectivity index (χ4v) is 2.36. The first kappa shape index (κ1) is 13.7. The van der Waals surface area contributed by atoms with Crippen molar-refractivity contribution in [2.24, 2.45) is 0 Å². The molecule has 0 aromatic heterocycles. The SMILES string of the molecule is Cc1cccc(NC(C(=O)NC2CC2)c2ccccc2)c1. The average molecular weight is 280 g/mol. The van der Waals surface area contributed by atoms with Crippen LogP contribution < -0.4 is 10.6 Å². The van der Waals surface area contributed by atoms with Crippen LogP contribution in [0.5, 0.6) is 0 Å². The minimum Gasteiger partial charge on any atom is -0.370 e. The highest BCUT2D eigenvalue weighted by Crippen LogP contribution is 2.24. The fourth-order valence-electron chi connectivity index (χ4n) is 2.36. The van der Waals surface area contributed by atoms with Gasteiger partial charge < -0.3 is 10.6 Å². The van der Waals surface area contributed by atoms with Crippen molar-refractivity contribution in [3.05, 3.63) is 65.7 Å². The number of amides is 1. The zero-order valence-corrected chi connectivity index (χ0v) is 12.2. The van der Waals surface area contributed by atoms with Crippen molar-refractivity contribution in [3.63, 3.8) is 0 Å². The second kappa shape index (κ2) is 6.00. The maximum absolute atomic E-state index is 12.5. The van der Waals surface area contributed by atoms with E-state index in [-0.39, 0.29) is 11.9 Å². The molecule has 0 radical (unpaired) electrons. The van der Waals surface area contributed by atoms with E-state index in [0.29, 0.717) is 6.04 Å². The first-order chi connectivity index (χ1) is 10.2. The van der Waals surface area contributed by atoms with Gasteiger partial charge in [-0.2, -0.15) is 0 Å². The Morgan fingerprint density at radius 3 is 2.52 bits per heavy atom. The molecule has 2 aromatic carbocycles. The van der Waals surface area contributed by atoms with E-state index in [0.717, 1.165) is 24.1 Å². The summed E-state index contributed by atoms with van der Waals surface area (Å²) in [7, 11) is 0. The van der Waals surface area contributed by atoms with E-state index in [2.05, 4.69) is 16.7 Å². The van der Waals surface area contributed by atoms with Gasteiger partial charge in [-0.15, -0.1) is 0 Å². The number of hydrogen-bond donors (Lipinski definition) is 2. The molecule has 3 nitrogen and oxygen atoms in total. The van der Waals surface area contributed by atoms with E-state index >= 15 is 0 Å². The number of carbonyl (C=O) groups excluding carboxylic acids is 1. The maximum Gasteiger partial charge on any atom is 0.247 e. The highest BCUT2D eigenvalue weighted by molar-refractivity contribution is 5.86. The van der Waals surface area contributed by atoms with Gasteiger partial charge in [-0.05, 0) is 43.0 Å². The summed E-state index contributed by atoms with van der Waals surface area (Å²) in [5.41, 5.74) is 3.13. The molecule has 1 fully saturated rings. The number of benzene rings is 2. The number of aryl methyl sites for hydroxylation is 1. The standard InChI is InChI=1S/C18H20N2O/c1-13-6-5-9-16(12-13)19-17(14-7-3-2-4-8-14)18(21)20-15-10-11-15/h2-9,12,15,17,19H,10-11H2,1H3,(H,20,21). The molecule has 1 aliphatic rings. The van der Waals surface area contributed by atoms with E-state index in [1.54, 1.807) is 0 Å². The Bertz CT molecular complexity index is 620. The third-order valence-corrected chi connectivity index (χ3v) is 3.65. The Labute approximate surface area is 125 Å². The van der Waals surface area contributed by atoms with Crippen molar-refractivity contribution in [1.29, 1.82) is 0 Å². The monoisotopic (exact) mass is 280 g/mol. The Hall–Kier alpha value is -2.29. The van der Waals surface area contributed by atoms with Crippen molar-refractivity contribution >= 4 is 11.6 Å². The predicted octanol–water partition coefficient (Wildman–Crippen LogP) is 3.43. The van der Waals surface area contributed by atoms with Crippen LogP contribution >= 0.6 is 0 Å². The van der Waals surface area contributed by atoms with Crippen LogP contribution in [0.15, 0.2) is 54.6 Å².